The van der Waals surface area contributed by atoms with Gasteiger partial charge in [-0.25, -0.2) is 4.39 Å². The molecule has 134 valence electrons. The minimum Gasteiger partial charge on any atom is -0.484 e. The molecule has 3 aromatic rings. The summed E-state index contributed by atoms with van der Waals surface area (Å²) in [4.78, 5) is 14.3. The van der Waals surface area contributed by atoms with Crippen LogP contribution in [-0.4, -0.2) is 17.4 Å². The van der Waals surface area contributed by atoms with Crippen LogP contribution in [0.25, 0.3) is 0 Å². The molecular weight excluding hydrogens is 333 g/mol. The molecule has 0 aliphatic heterocycles. The van der Waals surface area contributed by atoms with Gasteiger partial charge in [-0.3, -0.25) is 4.79 Å². The van der Waals surface area contributed by atoms with Gasteiger partial charge in [-0.2, -0.15) is 0 Å². The number of carbonyl (C=O) groups is 1. The maximum atomic E-state index is 13.5. The van der Waals surface area contributed by atoms with E-state index in [4.69, 9.17) is 9.15 Å². The topological polar surface area (TPSA) is 42.7 Å². The highest BCUT2D eigenvalue weighted by Gasteiger charge is 2.17. The average Bonchev–Trinajstić information content (AvgIpc) is 3.12. The van der Waals surface area contributed by atoms with E-state index in [9.17, 15) is 9.18 Å². The molecule has 0 saturated heterocycles. The van der Waals surface area contributed by atoms with Crippen LogP contribution in [0.2, 0.25) is 0 Å². The van der Waals surface area contributed by atoms with E-state index in [1.165, 1.54) is 12.1 Å². The van der Waals surface area contributed by atoms with E-state index in [1.54, 1.807) is 35.4 Å². The van der Waals surface area contributed by atoms with Crippen molar-refractivity contribution in [2.75, 3.05) is 6.61 Å². The molecule has 26 heavy (non-hydrogen) atoms. The van der Waals surface area contributed by atoms with Crippen LogP contribution in [0.5, 0.6) is 5.75 Å². The van der Waals surface area contributed by atoms with Crippen molar-refractivity contribution in [1.29, 1.82) is 0 Å². The summed E-state index contributed by atoms with van der Waals surface area (Å²) in [6, 6.07) is 17.3. The second kappa shape index (κ2) is 8.34. The Morgan fingerprint density at radius 2 is 1.92 bits per heavy atom. The Hall–Kier alpha value is -3.08. The number of hydrogen-bond acceptors (Lipinski definition) is 3. The first kappa shape index (κ1) is 17.7. The van der Waals surface area contributed by atoms with Crippen molar-refractivity contribution >= 4 is 5.91 Å². The number of ether oxygens (including phenoxy) is 1. The summed E-state index contributed by atoms with van der Waals surface area (Å²) in [5.41, 5.74) is 1.77. The van der Waals surface area contributed by atoms with Gasteiger partial charge in [0.05, 0.1) is 12.8 Å². The highest BCUT2D eigenvalue weighted by molar-refractivity contribution is 5.77. The van der Waals surface area contributed by atoms with E-state index in [1.807, 2.05) is 31.2 Å². The number of halogens is 1. The predicted octanol–water partition coefficient (Wildman–Crippen LogP) is 4.33. The molecule has 0 atom stereocenters. The molecule has 0 spiro atoms. The van der Waals surface area contributed by atoms with E-state index < -0.39 is 0 Å². The second-order valence-electron chi connectivity index (χ2n) is 6.06. The smallest absolute Gasteiger partial charge is 0.261 e. The third-order valence-corrected chi connectivity index (χ3v) is 3.89. The molecule has 0 aliphatic rings. The minimum atomic E-state index is -0.330. The van der Waals surface area contributed by atoms with E-state index in [2.05, 4.69) is 0 Å². The van der Waals surface area contributed by atoms with Crippen molar-refractivity contribution in [3.05, 3.63) is 89.6 Å². The summed E-state index contributed by atoms with van der Waals surface area (Å²) in [7, 11) is 0. The number of furan rings is 1. The number of amides is 1. The molecular formula is C21H20FNO3. The predicted molar refractivity (Wildman–Crippen MR) is 96.0 cm³/mol. The van der Waals surface area contributed by atoms with Crippen LogP contribution in [-0.2, 0) is 17.9 Å². The van der Waals surface area contributed by atoms with Crippen LogP contribution >= 0.6 is 0 Å². The number of hydrogen-bond donors (Lipinski definition) is 0. The fourth-order valence-electron chi connectivity index (χ4n) is 2.62. The molecule has 1 amide bonds. The number of aryl methyl sites for hydroxylation is 1. The van der Waals surface area contributed by atoms with Gasteiger partial charge < -0.3 is 14.1 Å². The highest BCUT2D eigenvalue weighted by Crippen LogP contribution is 2.15. The minimum absolute atomic E-state index is 0.0977. The van der Waals surface area contributed by atoms with Gasteiger partial charge in [0.2, 0.25) is 0 Å². The summed E-state index contributed by atoms with van der Waals surface area (Å²) in [6.07, 6.45) is 1.56. The van der Waals surface area contributed by atoms with Crippen LogP contribution in [0.1, 0.15) is 16.9 Å². The third-order valence-electron chi connectivity index (χ3n) is 3.89. The molecule has 0 unspecified atom stereocenters. The fraction of sp³-hybridized carbons (Fsp3) is 0.190. The molecule has 1 aromatic heterocycles. The van der Waals surface area contributed by atoms with E-state index >= 15 is 0 Å². The van der Waals surface area contributed by atoms with Gasteiger partial charge in [-0.1, -0.05) is 24.3 Å². The van der Waals surface area contributed by atoms with Crippen LogP contribution in [0.15, 0.2) is 71.3 Å². The summed E-state index contributed by atoms with van der Waals surface area (Å²) in [5, 5.41) is 0. The maximum absolute atomic E-state index is 13.5. The maximum Gasteiger partial charge on any atom is 0.261 e. The summed E-state index contributed by atoms with van der Waals surface area (Å²) in [5.74, 6) is 0.767. The first-order valence-electron chi connectivity index (χ1n) is 8.34. The van der Waals surface area contributed by atoms with E-state index in [0.29, 0.717) is 23.6 Å². The quantitative estimate of drug-likeness (QED) is 0.635. The van der Waals surface area contributed by atoms with Crippen molar-refractivity contribution in [2.45, 2.75) is 20.0 Å². The van der Waals surface area contributed by atoms with Gasteiger partial charge in [-0.15, -0.1) is 0 Å². The molecule has 2 aromatic carbocycles. The van der Waals surface area contributed by atoms with Gasteiger partial charge in [0, 0.05) is 6.54 Å². The number of carbonyl (C=O) groups excluding carboxylic acids is 1. The first-order valence-corrected chi connectivity index (χ1v) is 8.34. The number of benzene rings is 2. The Balaban J connectivity index is 1.70. The van der Waals surface area contributed by atoms with Crippen molar-refractivity contribution in [1.82, 2.24) is 4.90 Å². The van der Waals surface area contributed by atoms with Gasteiger partial charge >= 0.3 is 0 Å². The lowest BCUT2D eigenvalue weighted by Gasteiger charge is -2.22. The Kier molecular flexibility index (Phi) is 5.69. The van der Waals surface area contributed by atoms with Crippen molar-refractivity contribution in [2.24, 2.45) is 0 Å². The van der Waals surface area contributed by atoms with E-state index in [0.717, 1.165) is 5.56 Å². The molecule has 5 heteroatoms. The second-order valence-corrected chi connectivity index (χ2v) is 6.06. The summed E-state index contributed by atoms with van der Waals surface area (Å²) < 4.78 is 24.4. The van der Waals surface area contributed by atoms with Crippen LogP contribution in [0.3, 0.4) is 0 Å². The Bertz CT molecular complexity index is 861. The summed E-state index contributed by atoms with van der Waals surface area (Å²) >= 11 is 0. The molecule has 0 aliphatic carbocycles. The SMILES string of the molecule is Cc1cccc(OCC(=O)N(Cc2cccc(F)c2)Cc2ccco2)c1. The molecule has 0 saturated carbocycles. The van der Waals surface area contributed by atoms with Gasteiger partial charge in [0.1, 0.15) is 17.3 Å². The monoisotopic (exact) mass is 353 g/mol. The van der Waals surface area contributed by atoms with Crippen LogP contribution < -0.4 is 4.74 Å². The molecule has 0 radical (unpaired) electrons. The molecule has 3 rings (SSSR count). The third kappa shape index (κ3) is 4.96. The van der Waals surface area contributed by atoms with Crippen molar-refractivity contribution < 1.29 is 18.3 Å². The lowest BCUT2D eigenvalue weighted by Crippen LogP contribution is -2.34. The zero-order valence-corrected chi connectivity index (χ0v) is 14.5. The standard InChI is InChI=1S/C21H20FNO3/c1-16-5-2-8-19(11-16)26-15-21(24)23(14-20-9-4-10-25-20)13-17-6-3-7-18(22)12-17/h2-12H,13-15H2,1H3. The largest absolute Gasteiger partial charge is 0.484 e. The number of rotatable bonds is 7. The number of nitrogens with zero attached hydrogens (tertiary/aromatic N) is 1. The average molecular weight is 353 g/mol. The molecule has 0 fully saturated rings. The zero-order valence-electron chi connectivity index (χ0n) is 14.5. The normalized spacial score (nSPS) is 10.5. The lowest BCUT2D eigenvalue weighted by molar-refractivity contribution is -0.134. The van der Waals surface area contributed by atoms with Crippen molar-refractivity contribution in [3.8, 4) is 5.75 Å². The van der Waals surface area contributed by atoms with Crippen LogP contribution in [0, 0.1) is 12.7 Å². The molecule has 4 nitrogen and oxygen atoms in total. The molecule has 0 bridgehead atoms. The Labute approximate surface area is 151 Å². The Morgan fingerprint density at radius 1 is 1.08 bits per heavy atom. The van der Waals surface area contributed by atoms with Crippen LogP contribution in [0.4, 0.5) is 4.39 Å². The highest BCUT2D eigenvalue weighted by atomic mass is 19.1. The lowest BCUT2D eigenvalue weighted by atomic mass is 10.2. The van der Waals surface area contributed by atoms with Gasteiger partial charge in [-0.05, 0) is 54.4 Å². The van der Waals surface area contributed by atoms with Crippen molar-refractivity contribution in [3.63, 3.8) is 0 Å². The summed E-state index contributed by atoms with van der Waals surface area (Å²) in [6.45, 7) is 2.43. The Morgan fingerprint density at radius 3 is 2.65 bits per heavy atom. The van der Waals surface area contributed by atoms with Gasteiger partial charge in [0.15, 0.2) is 6.61 Å². The van der Waals surface area contributed by atoms with E-state index in [-0.39, 0.29) is 24.9 Å². The zero-order chi connectivity index (χ0) is 18.4. The fourth-order valence-corrected chi connectivity index (χ4v) is 2.62. The molecule has 0 N–H and O–H groups in total. The van der Waals surface area contributed by atoms with Gasteiger partial charge in [0.25, 0.3) is 5.91 Å². The molecule has 1 heterocycles. The first-order chi connectivity index (χ1) is 12.6.